The van der Waals surface area contributed by atoms with Crippen LogP contribution in [0.5, 0.6) is 5.75 Å². The molecule has 0 saturated carbocycles. The zero-order valence-electron chi connectivity index (χ0n) is 12.1. The maximum atomic E-state index is 12.7. The van der Waals surface area contributed by atoms with Crippen molar-refractivity contribution in [3.05, 3.63) is 65.4 Å². The number of ketones is 1. The van der Waals surface area contributed by atoms with Crippen LogP contribution in [0, 0.1) is 11.3 Å². The molecule has 22 heavy (non-hydrogen) atoms. The van der Waals surface area contributed by atoms with Crippen LogP contribution in [-0.2, 0) is 6.42 Å². The molecule has 0 radical (unpaired) electrons. The lowest BCUT2D eigenvalue weighted by atomic mass is 10.0. The summed E-state index contributed by atoms with van der Waals surface area (Å²) in [6.45, 7) is 0. The Hall–Kier alpha value is -3.06. The van der Waals surface area contributed by atoms with Crippen molar-refractivity contribution in [1.82, 2.24) is 4.98 Å². The van der Waals surface area contributed by atoms with Crippen LogP contribution in [0.15, 0.2) is 48.5 Å². The van der Waals surface area contributed by atoms with E-state index in [9.17, 15) is 4.79 Å². The summed E-state index contributed by atoms with van der Waals surface area (Å²) in [7, 11) is 1.59. The van der Waals surface area contributed by atoms with E-state index in [2.05, 4.69) is 11.1 Å². The van der Waals surface area contributed by atoms with E-state index in [-0.39, 0.29) is 12.2 Å². The van der Waals surface area contributed by atoms with E-state index >= 15 is 0 Å². The molecule has 1 heterocycles. The second-order valence-corrected chi connectivity index (χ2v) is 4.92. The van der Waals surface area contributed by atoms with Crippen LogP contribution in [0.2, 0.25) is 0 Å². The van der Waals surface area contributed by atoms with Crippen molar-refractivity contribution in [2.75, 3.05) is 7.11 Å². The number of fused-ring (bicyclic) bond motifs is 1. The standard InChI is InChI=1S/C18H14N2O2/c1-22-13-7-8-14-15(9-10-19)17(20-16(14)11-13)18(21)12-5-3-2-4-6-12/h2-8,11,20H,9H2,1H3. The molecule has 0 bridgehead atoms. The highest BCUT2D eigenvalue weighted by Crippen LogP contribution is 2.28. The zero-order valence-corrected chi connectivity index (χ0v) is 12.1. The summed E-state index contributed by atoms with van der Waals surface area (Å²) in [5, 5.41) is 9.95. The molecule has 3 rings (SSSR count). The first-order chi connectivity index (χ1) is 10.7. The summed E-state index contributed by atoms with van der Waals surface area (Å²) in [5.41, 5.74) is 2.59. The van der Waals surface area contributed by atoms with Crippen LogP contribution in [-0.4, -0.2) is 17.9 Å². The van der Waals surface area contributed by atoms with E-state index < -0.39 is 0 Å². The highest BCUT2D eigenvalue weighted by Gasteiger charge is 2.19. The van der Waals surface area contributed by atoms with Crippen LogP contribution < -0.4 is 4.74 Å². The fraction of sp³-hybridized carbons (Fsp3) is 0.111. The van der Waals surface area contributed by atoms with E-state index in [0.717, 1.165) is 16.5 Å². The molecule has 0 aliphatic heterocycles. The Morgan fingerprint density at radius 1 is 1.23 bits per heavy atom. The van der Waals surface area contributed by atoms with Crippen molar-refractivity contribution in [2.24, 2.45) is 0 Å². The Morgan fingerprint density at radius 2 is 2.00 bits per heavy atom. The van der Waals surface area contributed by atoms with Crippen LogP contribution in [0.25, 0.3) is 10.9 Å². The molecule has 3 aromatic rings. The number of benzene rings is 2. The van der Waals surface area contributed by atoms with Gasteiger partial charge in [-0.2, -0.15) is 5.26 Å². The van der Waals surface area contributed by atoms with Crippen molar-refractivity contribution < 1.29 is 9.53 Å². The van der Waals surface area contributed by atoms with Crippen molar-refractivity contribution >= 4 is 16.7 Å². The number of aromatic amines is 1. The SMILES string of the molecule is COc1ccc2c(CC#N)c(C(=O)c3ccccc3)[nH]c2c1. The molecule has 0 aliphatic rings. The molecule has 0 saturated heterocycles. The first kappa shape index (κ1) is 13.9. The lowest BCUT2D eigenvalue weighted by molar-refractivity contribution is 0.103. The molecule has 0 spiro atoms. The van der Waals surface area contributed by atoms with Gasteiger partial charge in [0.05, 0.1) is 25.3 Å². The highest BCUT2D eigenvalue weighted by molar-refractivity contribution is 6.12. The molecule has 4 heteroatoms. The van der Waals surface area contributed by atoms with Crippen LogP contribution in [0.4, 0.5) is 0 Å². The fourth-order valence-electron chi connectivity index (χ4n) is 2.55. The van der Waals surface area contributed by atoms with Gasteiger partial charge in [-0.15, -0.1) is 0 Å². The van der Waals surface area contributed by atoms with Crippen molar-refractivity contribution in [3.63, 3.8) is 0 Å². The monoisotopic (exact) mass is 290 g/mol. The molecule has 108 valence electrons. The third kappa shape index (κ3) is 2.33. The number of ether oxygens (including phenoxy) is 1. The van der Waals surface area contributed by atoms with E-state index in [4.69, 9.17) is 10.00 Å². The minimum Gasteiger partial charge on any atom is -0.497 e. The lowest BCUT2D eigenvalue weighted by Gasteiger charge is -2.01. The van der Waals surface area contributed by atoms with Crippen molar-refractivity contribution in [3.8, 4) is 11.8 Å². The van der Waals surface area contributed by atoms with Crippen LogP contribution in [0.1, 0.15) is 21.6 Å². The quantitative estimate of drug-likeness (QED) is 0.748. The minimum atomic E-state index is -0.110. The maximum absolute atomic E-state index is 12.7. The predicted molar refractivity (Wildman–Crippen MR) is 84.0 cm³/mol. The van der Waals surface area contributed by atoms with Gasteiger partial charge in [-0.05, 0) is 12.1 Å². The topological polar surface area (TPSA) is 65.9 Å². The van der Waals surface area contributed by atoms with Gasteiger partial charge in [0, 0.05) is 28.1 Å². The Morgan fingerprint density at radius 3 is 2.68 bits per heavy atom. The van der Waals surface area contributed by atoms with Crippen LogP contribution >= 0.6 is 0 Å². The molecule has 1 aromatic heterocycles. The Labute approximate surface area is 128 Å². The second-order valence-electron chi connectivity index (χ2n) is 4.92. The van der Waals surface area contributed by atoms with E-state index in [1.54, 1.807) is 19.2 Å². The van der Waals surface area contributed by atoms with Crippen molar-refractivity contribution in [1.29, 1.82) is 5.26 Å². The predicted octanol–water partition coefficient (Wildman–Crippen LogP) is 3.47. The molecule has 2 aromatic carbocycles. The molecule has 4 nitrogen and oxygen atoms in total. The van der Waals surface area contributed by atoms with Crippen LogP contribution in [0.3, 0.4) is 0 Å². The molecule has 0 unspecified atom stereocenters. The Kier molecular flexibility index (Phi) is 3.63. The normalized spacial score (nSPS) is 10.4. The number of carbonyl (C=O) groups is 1. The lowest BCUT2D eigenvalue weighted by Crippen LogP contribution is -2.04. The molecule has 0 amide bonds. The third-order valence-corrected chi connectivity index (χ3v) is 3.63. The number of methoxy groups -OCH3 is 1. The molecule has 0 aliphatic carbocycles. The van der Waals surface area contributed by atoms with Gasteiger partial charge in [-0.3, -0.25) is 4.79 Å². The largest absolute Gasteiger partial charge is 0.497 e. The molecule has 0 atom stereocenters. The minimum absolute atomic E-state index is 0.110. The average Bonchev–Trinajstić information content (AvgIpc) is 2.93. The van der Waals surface area contributed by atoms with Gasteiger partial charge in [-0.25, -0.2) is 0 Å². The number of hydrogen-bond acceptors (Lipinski definition) is 3. The van der Waals surface area contributed by atoms with Gasteiger partial charge in [0.2, 0.25) is 5.78 Å². The zero-order chi connectivity index (χ0) is 15.5. The Balaban J connectivity index is 2.18. The molecular formula is C18H14N2O2. The average molecular weight is 290 g/mol. The summed E-state index contributed by atoms with van der Waals surface area (Å²) in [6.07, 6.45) is 0.181. The summed E-state index contributed by atoms with van der Waals surface area (Å²) < 4.78 is 5.21. The number of nitrogens with one attached hydrogen (secondary N) is 1. The number of hydrogen-bond donors (Lipinski definition) is 1. The van der Waals surface area contributed by atoms with Crippen molar-refractivity contribution in [2.45, 2.75) is 6.42 Å². The highest BCUT2D eigenvalue weighted by atomic mass is 16.5. The van der Waals surface area contributed by atoms with Gasteiger partial charge in [0.1, 0.15) is 5.75 Å². The van der Waals surface area contributed by atoms with E-state index in [1.807, 2.05) is 36.4 Å². The Bertz CT molecular complexity index is 873. The number of H-pyrrole nitrogens is 1. The molecule has 1 N–H and O–H groups in total. The van der Waals surface area contributed by atoms with Gasteiger partial charge in [0.25, 0.3) is 0 Å². The summed E-state index contributed by atoms with van der Waals surface area (Å²) >= 11 is 0. The number of aromatic nitrogens is 1. The maximum Gasteiger partial charge on any atom is 0.209 e. The molecule has 0 fully saturated rings. The third-order valence-electron chi connectivity index (χ3n) is 3.63. The smallest absolute Gasteiger partial charge is 0.209 e. The summed E-state index contributed by atoms with van der Waals surface area (Å²) in [4.78, 5) is 15.8. The first-order valence-corrected chi connectivity index (χ1v) is 6.90. The summed E-state index contributed by atoms with van der Waals surface area (Å²) in [5.74, 6) is 0.594. The van der Waals surface area contributed by atoms with Gasteiger partial charge in [0.15, 0.2) is 0 Å². The van der Waals surface area contributed by atoms with Gasteiger partial charge in [-0.1, -0.05) is 30.3 Å². The molecular weight excluding hydrogens is 276 g/mol. The number of nitrogens with zero attached hydrogens (tertiary/aromatic N) is 1. The van der Waals surface area contributed by atoms with Gasteiger partial charge < -0.3 is 9.72 Å². The van der Waals surface area contributed by atoms with Gasteiger partial charge >= 0.3 is 0 Å². The first-order valence-electron chi connectivity index (χ1n) is 6.90. The second kappa shape index (κ2) is 5.74. The fourth-order valence-corrected chi connectivity index (χ4v) is 2.55. The number of nitriles is 1. The number of carbonyl (C=O) groups excluding carboxylic acids is 1. The van der Waals surface area contributed by atoms with E-state index in [1.165, 1.54) is 0 Å². The number of rotatable bonds is 4. The van der Waals surface area contributed by atoms with E-state index in [0.29, 0.717) is 17.0 Å². The summed E-state index contributed by atoms with van der Waals surface area (Å²) in [6, 6.07) is 16.7.